The second-order valence-corrected chi connectivity index (χ2v) is 3.63. The summed E-state index contributed by atoms with van der Waals surface area (Å²) in [5, 5.41) is 8.47. The summed E-state index contributed by atoms with van der Waals surface area (Å²) in [4.78, 5) is 22.2. The summed E-state index contributed by atoms with van der Waals surface area (Å²) in [6.07, 6.45) is 1.43. The van der Waals surface area contributed by atoms with E-state index in [1.54, 1.807) is 0 Å². The van der Waals surface area contributed by atoms with Gasteiger partial charge in [0.05, 0.1) is 19.6 Å². The molecule has 2 atom stereocenters. The van der Waals surface area contributed by atoms with Crippen LogP contribution in [0.15, 0.2) is 0 Å². The van der Waals surface area contributed by atoms with E-state index in [1.165, 1.54) is 7.11 Å². The first-order chi connectivity index (χ1) is 7.19. The zero-order valence-corrected chi connectivity index (χ0v) is 8.77. The Bertz CT molecular complexity index is 238. The first-order valence-corrected chi connectivity index (χ1v) is 5.03. The largest absolute Gasteiger partial charge is 0.469 e. The molecule has 0 aliphatic heterocycles. The zero-order chi connectivity index (χ0) is 11.3. The first kappa shape index (κ1) is 12.0. The molecule has 1 aliphatic carbocycles. The molecule has 5 heteroatoms. The molecule has 1 rings (SSSR count). The Kier molecular flexibility index (Phi) is 4.55. The molecule has 0 heterocycles. The van der Waals surface area contributed by atoms with Crippen LogP contribution >= 0.6 is 0 Å². The number of aliphatic hydroxyl groups is 1. The van der Waals surface area contributed by atoms with Crippen molar-refractivity contribution >= 4 is 11.9 Å². The van der Waals surface area contributed by atoms with Gasteiger partial charge in [-0.3, -0.25) is 9.59 Å². The van der Waals surface area contributed by atoms with Crippen molar-refractivity contribution in [3.05, 3.63) is 0 Å². The second kappa shape index (κ2) is 5.70. The lowest BCUT2D eigenvalue weighted by Crippen LogP contribution is -2.10. The van der Waals surface area contributed by atoms with Crippen LogP contribution in [0.2, 0.25) is 0 Å². The van der Waals surface area contributed by atoms with Gasteiger partial charge in [-0.25, -0.2) is 0 Å². The number of carbonyl (C=O) groups is 2. The smallest absolute Gasteiger partial charge is 0.308 e. The molecule has 0 unspecified atom stereocenters. The first-order valence-electron chi connectivity index (χ1n) is 5.03. The van der Waals surface area contributed by atoms with Crippen LogP contribution in [0.4, 0.5) is 0 Å². The SMILES string of the molecule is COC(=O)[C@@H]1C[C@@H]1CC(=O)OCCCO. The highest BCUT2D eigenvalue weighted by Gasteiger charge is 2.45. The molecule has 0 aromatic carbocycles. The van der Waals surface area contributed by atoms with E-state index in [1.807, 2.05) is 0 Å². The molecule has 0 saturated heterocycles. The van der Waals surface area contributed by atoms with E-state index >= 15 is 0 Å². The monoisotopic (exact) mass is 216 g/mol. The summed E-state index contributed by atoms with van der Waals surface area (Å²) < 4.78 is 9.40. The molecule has 0 aromatic heterocycles. The third kappa shape index (κ3) is 3.87. The summed E-state index contributed by atoms with van der Waals surface area (Å²) in [5.41, 5.74) is 0. The maximum atomic E-state index is 11.2. The topological polar surface area (TPSA) is 72.8 Å². The summed E-state index contributed by atoms with van der Waals surface area (Å²) in [5.74, 6) is -0.595. The van der Waals surface area contributed by atoms with Crippen LogP contribution in [0.1, 0.15) is 19.3 Å². The van der Waals surface area contributed by atoms with Crippen molar-refractivity contribution in [2.75, 3.05) is 20.3 Å². The van der Waals surface area contributed by atoms with E-state index in [0.29, 0.717) is 12.8 Å². The van der Waals surface area contributed by atoms with Crippen LogP contribution in [-0.4, -0.2) is 37.4 Å². The minimum atomic E-state index is -0.306. The van der Waals surface area contributed by atoms with Crippen molar-refractivity contribution in [3.63, 3.8) is 0 Å². The van der Waals surface area contributed by atoms with Crippen molar-refractivity contribution < 1.29 is 24.2 Å². The number of rotatable bonds is 6. The van der Waals surface area contributed by atoms with Crippen molar-refractivity contribution in [2.24, 2.45) is 11.8 Å². The highest BCUT2D eigenvalue weighted by atomic mass is 16.5. The average molecular weight is 216 g/mol. The molecule has 0 spiro atoms. The minimum Gasteiger partial charge on any atom is -0.469 e. The molecule has 0 amide bonds. The van der Waals surface area contributed by atoms with Gasteiger partial charge in [0.2, 0.25) is 0 Å². The Labute approximate surface area is 88.4 Å². The standard InChI is InChI=1S/C10H16O5/c1-14-10(13)8-5-7(8)6-9(12)15-4-2-3-11/h7-8,11H,2-6H2,1H3/t7-,8-/m1/s1. The molecule has 1 aliphatic rings. The molecule has 0 aromatic rings. The summed E-state index contributed by atoms with van der Waals surface area (Å²) in [6.45, 7) is 0.256. The van der Waals surface area contributed by atoms with Gasteiger partial charge in [-0.1, -0.05) is 0 Å². The molecule has 15 heavy (non-hydrogen) atoms. The molecule has 0 bridgehead atoms. The van der Waals surface area contributed by atoms with Gasteiger partial charge in [0.1, 0.15) is 0 Å². The maximum Gasteiger partial charge on any atom is 0.308 e. The predicted octanol–water partition coefficient (Wildman–Crippen LogP) is 0.111. The van der Waals surface area contributed by atoms with Crippen molar-refractivity contribution in [1.82, 2.24) is 0 Å². The fraction of sp³-hybridized carbons (Fsp3) is 0.800. The molecule has 1 N–H and O–H groups in total. The van der Waals surface area contributed by atoms with E-state index in [0.717, 1.165) is 0 Å². The number of carbonyl (C=O) groups excluding carboxylic acids is 2. The van der Waals surface area contributed by atoms with Crippen LogP contribution < -0.4 is 0 Å². The van der Waals surface area contributed by atoms with Gasteiger partial charge in [0, 0.05) is 19.4 Å². The highest BCUT2D eigenvalue weighted by molar-refractivity contribution is 5.78. The zero-order valence-electron chi connectivity index (χ0n) is 8.77. The minimum absolute atomic E-state index is 0.0154. The Hall–Kier alpha value is -1.10. The number of hydrogen-bond acceptors (Lipinski definition) is 5. The van der Waals surface area contributed by atoms with Crippen molar-refractivity contribution in [3.8, 4) is 0 Å². The Balaban J connectivity index is 2.10. The van der Waals surface area contributed by atoms with Crippen LogP contribution in [0.5, 0.6) is 0 Å². The van der Waals surface area contributed by atoms with Crippen LogP contribution in [-0.2, 0) is 19.1 Å². The Morgan fingerprint density at radius 1 is 1.47 bits per heavy atom. The van der Waals surface area contributed by atoms with E-state index < -0.39 is 0 Å². The predicted molar refractivity (Wildman–Crippen MR) is 50.9 cm³/mol. The summed E-state index contributed by atoms with van der Waals surface area (Å²) in [6, 6.07) is 0. The van der Waals surface area contributed by atoms with E-state index in [9.17, 15) is 9.59 Å². The lowest BCUT2D eigenvalue weighted by atomic mass is 10.2. The summed E-state index contributed by atoms with van der Waals surface area (Å²) >= 11 is 0. The van der Waals surface area contributed by atoms with Gasteiger partial charge >= 0.3 is 11.9 Å². The van der Waals surface area contributed by atoms with Gasteiger partial charge in [0.15, 0.2) is 0 Å². The lowest BCUT2D eigenvalue weighted by molar-refractivity contribution is -0.145. The molecule has 1 fully saturated rings. The maximum absolute atomic E-state index is 11.2. The number of hydrogen-bond donors (Lipinski definition) is 1. The van der Waals surface area contributed by atoms with Crippen LogP contribution in [0.25, 0.3) is 0 Å². The van der Waals surface area contributed by atoms with Gasteiger partial charge in [-0.2, -0.15) is 0 Å². The molecule has 5 nitrogen and oxygen atoms in total. The number of ether oxygens (including phenoxy) is 2. The van der Waals surface area contributed by atoms with E-state index in [2.05, 4.69) is 4.74 Å². The average Bonchev–Trinajstić information content (AvgIpc) is 2.96. The highest BCUT2D eigenvalue weighted by Crippen LogP contribution is 2.42. The molecule has 1 saturated carbocycles. The van der Waals surface area contributed by atoms with Crippen molar-refractivity contribution in [1.29, 1.82) is 0 Å². The lowest BCUT2D eigenvalue weighted by Gasteiger charge is -2.02. The van der Waals surface area contributed by atoms with Crippen LogP contribution in [0.3, 0.4) is 0 Å². The number of aliphatic hydroxyl groups excluding tert-OH is 1. The Morgan fingerprint density at radius 3 is 2.80 bits per heavy atom. The van der Waals surface area contributed by atoms with Crippen LogP contribution in [0, 0.1) is 11.8 Å². The van der Waals surface area contributed by atoms with Crippen molar-refractivity contribution in [2.45, 2.75) is 19.3 Å². The molecule has 0 radical (unpaired) electrons. The quantitative estimate of drug-likeness (QED) is 0.504. The van der Waals surface area contributed by atoms with E-state index in [4.69, 9.17) is 9.84 Å². The number of esters is 2. The third-order valence-corrected chi connectivity index (χ3v) is 2.42. The fourth-order valence-corrected chi connectivity index (χ4v) is 1.44. The normalized spacial score (nSPS) is 23.3. The third-order valence-electron chi connectivity index (χ3n) is 2.42. The molecule has 86 valence electrons. The molecular formula is C10H16O5. The fourth-order valence-electron chi connectivity index (χ4n) is 1.44. The number of methoxy groups -OCH3 is 1. The Morgan fingerprint density at radius 2 is 2.20 bits per heavy atom. The van der Waals surface area contributed by atoms with Gasteiger partial charge in [-0.05, 0) is 12.3 Å². The second-order valence-electron chi connectivity index (χ2n) is 3.63. The summed E-state index contributed by atoms with van der Waals surface area (Å²) in [7, 11) is 1.34. The van der Waals surface area contributed by atoms with Gasteiger partial charge in [0.25, 0.3) is 0 Å². The van der Waals surface area contributed by atoms with Gasteiger partial charge in [-0.15, -0.1) is 0 Å². The van der Waals surface area contributed by atoms with Gasteiger partial charge < -0.3 is 14.6 Å². The molecular weight excluding hydrogens is 200 g/mol. The van der Waals surface area contributed by atoms with E-state index in [-0.39, 0.29) is 43.4 Å².